The molecule has 0 aliphatic heterocycles. The first-order chi connectivity index (χ1) is 10.8. The standard InChI is InChI=1S/C15H19ClN2O5/c1-9(2)23-14(20)8-22-13(19)7-12(18-15(17)21)10-3-5-11(16)6-4-10/h3-6,9,12H,7-8H2,1-2H3,(H3,17,18,21). The van der Waals surface area contributed by atoms with Gasteiger partial charge in [0.05, 0.1) is 18.6 Å². The lowest BCUT2D eigenvalue weighted by Crippen LogP contribution is -2.35. The lowest BCUT2D eigenvalue weighted by atomic mass is 10.0. The van der Waals surface area contributed by atoms with E-state index < -0.39 is 30.6 Å². The quantitative estimate of drug-likeness (QED) is 0.736. The van der Waals surface area contributed by atoms with E-state index in [1.54, 1.807) is 38.1 Å². The number of esters is 2. The summed E-state index contributed by atoms with van der Waals surface area (Å²) in [6.45, 7) is 2.89. The molecule has 0 heterocycles. The van der Waals surface area contributed by atoms with Gasteiger partial charge < -0.3 is 20.5 Å². The lowest BCUT2D eigenvalue weighted by molar-refractivity contribution is -0.161. The molecule has 3 N–H and O–H groups in total. The van der Waals surface area contributed by atoms with Crippen LogP contribution in [-0.2, 0) is 19.1 Å². The normalized spacial score (nSPS) is 11.7. The molecule has 1 atom stereocenters. The summed E-state index contributed by atoms with van der Waals surface area (Å²) in [5.41, 5.74) is 5.75. The van der Waals surface area contributed by atoms with Crippen LogP contribution in [0, 0.1) is 0 Å². The van der Waals surface area contributed by atoms with E-state index in [-0.39, 0.29) is 12.5 Å². The maximum Gasteiger partial charge on any atom is 0.344 e. The maximum atomic E-state index is 11.8. The average Bonchev–Trinajstić information content (AvgIpc) is 2.44. The van der Waals surface area contributed by atoms with Crippen molar-refractivity contribution in [2.45, 2.75) is 32.4 Å². The van der Waals surface area contributed by atoms with E-state index in [9.17, 15) is 14.4 Å². The number of benzene rings is 1. The van der Waals surface area contributed by atoms with Crippen LogP contribution in [-0.4, -0.2) is 30.7 Å². The summed E-state index contributed by atoms with van der Waals surface area (Å²) >= 11 is 5.80. The summed E-state index contributed by atoms with van der Waals surface area (Å²) in [6.07, 6.45) is -0.473. The zero-order valence-corrected chi connectivity index (χ0v) is 13.6. The number of carbonyl (C=O) groups excluding carboxylic acids is 3. The largest absolute Gasteiger partial charge is 0.460 e. The van der Waals surface area contributed by atoms with Crippen LogP contribution in [0.5, 0.6) is 0 Å². The number of hydrogen-bond acceptors (Lipinski definition) is 5. The molecule has 1 aromatic rings. The fraction of sp³-hybridized carbons (Fsp3) is 0.400. The molecule has 126 valence electrons. The van der Waals surface area contributed by atoms with Gasteiger partial charge in [-0.1, -0.05) is 23.7 Å². The number of nitrogens with one attached hydrogen (secondary N) is 1. The number of amides is 2. The predicted molar refractivity (Wildman–Crippen MR) is 83.7 cm³/mol. The van der Waals surface area contributed by atoms with Gasteiger partial charge in [0.25, 0.3) is 0 Å². The van der Waals surface area contributed by atoms with E-state index in [0.29, 0.717) is 10.6 Å². The molecule has 1 aromatic carbocycles. The Balaban J connectivity index is 2.63. The van der Waals surface area contributed by atoms with Crippen LogP contribution in [0.3, 0.4) is 0 Å². The first-order valence-electron chi connectivity index (χ1n) is 6.94. The minimum Gasteiger partial charge on any atom is -0.460 e. The second-order valence-corrected chi connectivity index (χ2v) is 5.45. The van der Waals surface area contributed by atoms with Gasteiger partial charge in [-0.25, -0.2) is 9.59 Å². The lowest BCUT2D eigenvalue weighted by Gasteiger charge is -2.17. The van der Waals surface area contributed by atoms with E-state index in [1.807, 2.05) is 0 Å². The zero-order chi connectivity index (χ0) is 17.4. The molecule has 1 rings (SSSR count). The van der Waals surface area contributed by atoms with Crippen molar-refractivity contribution >= 4 is 29.6 Å². The van der Waals surface area contributed by atoms with Gasteiger partial charge in [-0.2, -0.15) is 0 Å². The Kier molecular flexibility index (Phi) is 7.34. The molecule has 7 nitrogen and oxygen atoms in total. The van der Waals surface area contributed by atoms with Crippen LogP contribution in [0.1, 0.15) is 31.9 Å². The Morgan fingerprint density at radius 1 is 1.17 bits per heavy atom. The number of nitrogens with two attached hydrogens (primary N) is 1. The summed E-state index contributed by atoms with van der Waals surface area (Å²) in [4.78, 5) is 34.2. The molecule has 0 aliphatic rings. The van der Waals surface area contributed by atoms with E-state index in [0.717, 1.165) is 0 Å². The molecule has 0 saturated carbocycles. The third kappa shape index (κ3) is 7.51. The van der Waals surface area contributed by atoms with Crippen molar-refractivity contribution in [3.63, 3.8) is 0 Å². The molecule has 8 heteroatoms. The molecule has 0 fully saturated rings. The van der Waals surface area contributed by atoms with E-state index >= 15 is 0 Å². The molecule has 0 radical (unpaired) electrons. The molecule has 0 spiro atoms. The van der Waals surface area contributed by atoms with Crippen LogP contribution >= 0.6 is 11.6 Å². The molecule has 0 aromatic heterocycles. The van der Waals surface area contributed by atoms with Crippen molar-refractivity contribution < 1.29 is 23.9 Å². The SMILES string of the molecule is CC(C)OC(=O)COC(=O)CC(NC(N)=O)c1ccc(Cl)cc1. The van der Waals surface area contributed by atoms with Gasteiger partial charge >= 0.3 is 18.0 Å². The molecular weight excluding hydrogens is 324 g/mol. The van der Waals surface area contributed by atoms with Gasteiger partial charge in [-0.15, -0.1) is 0 Å². The van der Waals surface area contributed by atoms with Gasteiger partial charge in [0, 0.05) is 5.02 Å². The first-order valence-corrected chi connectivity index (χ1v) is 7.32. The smallest absolute Gasteiger partial charge is 0.344 e. The minimum atomic E-state index is -0.781. The second-order valence-electron chi connectivity index (χ2n) is 5.02. The number of ether oxygens (including phenoxy) is 2. The number of rotatable bonds is 7. The molecule has 23 heavy (non-hydrogen) atoms. The topological polar surface area (TPSA) is 108 Å². The van der Waals surface area contributed by atoms with Crippen LogP contribution in [0.25, 0.3) is 0 Å². The van der Waals surface area contributed by atoms with Gasteiger partial charge in [-0.3, -0.25) is 4.79 Å². The molecule has 0 saturated heterocycles. The van der Waals surface area contributed by atoms with Gasteiger partial charge in [0.2, 0.25) is 0 Å². The highest BCUT2D eigenvalue weighted by molar-refractivity contribution is 6.30. The summed E-state index contributed by atoms with van der Waals surface area (Å²) in [5.74, 6) is -1.31. The third-order valence-corrected chi connectivity index (χ3v) is 2.93. The van der Waals surface area contributed by atoms with Crippen molar-refractivity contribution in [1.29, 1.82) is 0 Å². The predicted octanol–water partition coefficient (Wildman–Crippen LogP) is 1.93. The first kappa shape index (κ1) is 18.8. The highest BCUT2D eigenvalue weighted by Crippen LogP contribution is 2.20. The average molecular weight is 343 g/mol. The number of primary amides is 1. The summed E-state index contributed by atoms with van der Waals surface area (Å²) in [6, 6.07) is 5.10. The fourth-order valence-electron chi connectivity index (χ4n) is 1.78. The highest BCUT2D eigenvalue weighted by Gasteiger charge is 2.19. The van der Waals surface area contributed by atoms with Gasteiger partial charge in [-0.05, 0) is 31.5 Å². The number of halogens is 1. The Labute approximate surface area is 139 Å². The number of urea groups is 1. The minimum absolute atomic E-state index is 0.181. The fourth-order valence-corrected chi connectivity index (χ4v) is 1.91. The molecular formula is C15H19ClN2O5. The number of hydrogen-bond donors (Lipinski definition) is 2. The molecule has 0 aliphatic carbocycles. The Hall–Kier alpha value is -2.28. The molecule has 1 unspecified atom stereocenters. The second kappa shape index (κ2) is 8.99. The van der Waals surface area contributed by atoms with Crippen LogP contribution < -0.4 is 11.1 Å². The maximum absolute atomic E-state index is 11.8. The summed E-state index contributed by atoms with van der Waals surface area (Å²) in [7, 11) is 0. The van der Waals surface area contributed by atoms with E-state index in [4.69, 9.17) is 26.8 Å². The van der Waals surface area contributed by atoms with Crippen molar-refractivity contribution in [3.8, 4) is 0 Å². The van der Waals surface area contributed by atoms with Gasteiger partial charge in [0.15, 0.2) is 6.61 Å². The van der Waals surface area contributed by atoms with Crippen LogP contribution in [0.4, 0.5) is 4.79 Å². The van der Waals surface area contributed by atoms with Crippen molar-refractivity contribution in [3.05, 3.63) is 34.9 Å². The van der Waals surface area contributed by atoms with E-state index in [2.05, 4.69) is 5.32 Å². The van der Waals surface area contributed by atoms with Crippen LogP contribution in [0.15, 0.2) is 24.3 Å². The zero-order valence-electron chi connectivity index (χ0n) is 12.9. The van der Waals surface area contributed by atoms with Crippen molar-refractivity contribution in [2.75, 3.05) is 6.61 Å². The van der Waals surface area contributed by atoms with Crippen molar-refractivity contribution in [1.82, 2.24) is 5.32 Å². The van der Waals surface area contributed by atoms with Gasteiger partial charge in [0.1, 0.15) is 0 Å². The Bertz CT molecular complexity index is 559. The monoisotopic (exact) mass is 342 g/mol. The van der Waals surface area contributed by atoms with Crippen LogP contribution in [0.2, 0.25) is 5.02 Å². The van der Waals surface area contributed by atoms with Crippen molar-refractivity contribution in [2.24, 2.45) is 5.73 Å². The third-order valence-electron chi connectivity index (χ3n) is 2.68. The summed E-state index contributed by atoms with van der Waals surface area (Å²) < 4.78 is 9.68. The molecule has 2 amide bonds. The Morgan fingerprint density at radius 2 is 1.78 bits per heavy atom. The highest BCUT2D eigenvalue weighted by atomic mass is 35.5. The van der Waals surface area contributed by atoms with E-state index in [1.165, 1.54) is 0 Å². The molecule has 0 bridgehead atoms. The summed E-state index contributed by atoms with van der Waals surface area (Å²) in [5, 5.41) is 2.96. The Morgan fingerprint density at radius 3 is 2.30 bits per heavy atom. The number of carbonyl (C=O) groups is 3.